The van der Waals surface area contributed by atoms with Gasteiger partial charge >= 0.3 is 6.61 Å². The predicted octanol–water partition coefficient (Wildman–Crippen LogP) is 2.90. The fourth-order valence-electron chi connectivity index (χ4n) is 0.829. The molecule has 0 unspecified atom stereocenters. The first-order chi connectivity index (χ1) is 6.13. The van der Waals surface area contributed by atoms with Crippen LogP contribution in [0.25, 0.3) is 0 Å². The number of nitrogens with zero attached hydrogens (tertiary/aromatic N) is 1. The van der Waals surface area contributed by atoms with Crippen LogP contribution in [0.3, 0.4) is 0 Å². The van der Waals surface area contributed by atoms with Crippen LogP contribution in [0.1, 0.15) is 12.5 Å². The van der Waals surface area contributed by atoms with Crippen molar-refractivity contribution in [3.63, 3.8) is 0 Å². The van der Waals surface area contributed by atoms with Gasteiger partial charge in [0.25, 0.3) is 0 Å². The summed E-state index contributed by atoms with van der Waals surface area (Å²) >= 11 is 5.63. The van der Waals surface area contributed by atoms with E-state index in [-0.39, 0.29) is 10.9 Å². The van der Waals surface area contributed by atoms with Crippen LogP contribution < -0.4 is 4.74 Å². The monoisotopic (exact) mass is 207 g/mol. The molecule has 2 nitrogen and oxygen atoms in total. The fourth-order valence-corrected chi connectivity index (χ4v) is 1.06. The van der Waals surface area contributed by atoms with E-state index in [0.717, 1.165) is 12.0 Å². The van der Waals surface area contributed by atoms with Crippen LogP contribution in [0.5, 0.6) is 5.88 Å². The predicted molar refractivity (Wildman–Crippen MR) is 45.3 cm³/mol. The Bertz CT molecular complexity index is 293. The van der Waals surface area contributed by atoms with Gasteiger partial charge < -0.3 is 4.74 Å². The summed E-state index contributed by atoms with van der Waals surface area (Å²) in [5, 5.41) is 0.111. The average molecular weight is 208 g/mol. The molecule has 0 N–H and O–H groups in total. The van der Waals surface area contributed by atoms with Gasteiger partial charge in [0.1, 0.15) is 5.02 Å². The molecule has 0 spiro atoms. The zero-order valence-electron chi connectivity index (χ0n) is 6.93. The van der Waals surface area contributed by atoms with Gasteiger partial charge in [0.05, 0.1) is 0 Å². The van der Waals surface area contributed by atoms with E-state index in [4.69, 9.17) is 11.6 Å². The number of hydrogen-bond acceptors (Lipinski definition) is 2. The number of rotatable bonds is 3. The molecule has 1 rings (SSSR count). The Hall–Kier alpha value is -0.900. The Morgan fingerprint density at radius 3 is 2.77 bits per heavy atom. The standard InChI is InChI=1S/C8H8ClF2NO/c1-2-5-3-6(9)7(12-4-5)13-8(10)11/h3-4,8H,2H2,1H3. The number of ether oxygens (including phenoxy) is 1. The highest BCUT2D eigenvalue weighted by Crippen LogP contribution is 2.23. The quantitative estimate of drug-likeness (QED) is 0.760. The molecule has 0 aliphatic carbocycles. The molecule has 0 atom stereocenters. The van der Waals surface area contributed by atoms with Crippen molar-refractivity contribution in [3.8, 4) is 5.88 Å². The lowest BCUT2D eigenvalue weighted by atomic mass is 10.2. The first-order valence-corrected chi connectivity index (χ1v) is 4.10. The SMILES string of the molecule is CCc1cnc(OC(F)F)c(Cl)c1. The van der Waals surface area contributed by atoms with Gasteiger partial charge in [-0.1, -0.05) is 18.5 Å². The second kappa shape index (κ2) is 4.37. The zero-order chi connectivity index (χ0) is 9.84. The molecule has 0 bridgehead atoms. The summed E-state index contributed by atoms with van der Waals surface area (Å²) in [6, 6.07) is 1.56. The summed E-state index contributed by atoms with van der Waals surface area (Å²) in [5.41, 5.74) is 0.881. The van der Waals surface area contributed by atoms with Crippen LogP contribution in [-0.2, 0) is 6.42 Å². The van der Waals surface area contributed by atoms with Gasteiger partial charge in [-0.05, 0) is 18.1 Å². The minimum Gasteiger partial charge on any atom is -0.415 e. The Morgan fingerprint density at radius 1 is 1.62 bits per heavy atom. The van der Waals surface area contributed by atoms with Crippen molar-refractivity contribution in [2.24, 2.45) is 0 Å². The molecule has 1 aromatic heterocycles. The maximum atomic E-state index is 11.8. The lowest BCUT2D eigenvalue weighted by Crippen LogP contribution is -2.04. The Morgan fingerprint density at radius 2 is 2.31 bits per heavy atom. The van der Waals surface area contributed by atoms with Gasteiger partial charge in [-0.25, -0.2) is 4.98 Å². The van der Waals surface area contributed by atoms with Gasteiger partial charge in [0.15, 0.2) is 0 Å². The van der Waals surface area contributed by atoms with Gasteiger partial charge in [-0.2, -0.15) is 8.78 Å². The van der Waals surface area contributed by atoms with Gasteiger partial charge in [0.2, 0.25) is 5.88 Å². The number of pyridine rings is 1. The third kappa shape index (κ3) is 2.81. The molecular weight excluding hydrogens is 200 g/mol. The van der Waals surface area contributed by atoms with E-state index in [2.05, 4.69) is 9.72 Å². The molecule has 0 saturated carbocycles. The van der Waals surface area contributed by atoms with Crippen LogP contribution in [0.4, 0.5) is 8.78 Å². The first-order valence-electron chi connectivity index (χ1n) is 3.72. The van der Waals surface area contributed by atoms with Crippen LogP contribution in [0.2, 0.25) is 5.02 Å². The second-order valence-corrected chi connectivity index (χ2v) is 2.77. The lowest BCUT2D eigenvalue weighted by molar-refractivity contribution is -0.0528. The van der Waals surface area contributed by atoms with Crippen LogP contribution in [0.15, 0.2) is 12.3 Å². The van der Waals surface area contributed by atoms with Crippen molar-refractivity contribution in [1.29, 1.82) is 0 Å². The van der Waals surface area contributed by atoms with Crippen molar-refractivity contribution < 1.29 is 13.5 Å². The summed E-state index contributed by atoms with van der Waals surface area (Å²) in [6.07, 6.45) is 2.21. The van der Waals surface area contributed by atoms with Crippen LogP contribution in [0, 0.1) is 0 Å². The van der Waals surface area contributed by atoms with E-state index in [1.807, 2.05) is 6.92 Å². The lowest BCUT2D eigenvalue weighted by Gasteiger charge is -2.05. The number of hydrogen-bond donors (Lipinski definition) is 0. The number of aryl methyl sites for hydroxylation is 1. The maximum Gasteiger partial charge on any atom is 0.388 e. The zero-order valence-corrected chi connectivity index (χ0v) is 7.68. The Kier molecular flexibility index (Phi) is 3.42. The molecule has 0 aliphatic heterocycles. The molecule has 0 aromatic carbocycles. The van der Waals surface area contributed by atoms with Crippen LogP contribution >= 0.6 is 11.6 Å². The Labute approximate surface area is 79.5 Å². The van der Waals surface area contributed by atoms with E-state index in [1.54, 1.807) is 6.07 Å². The van der Waals surface area contributed by atoms with Crippen molar-refractivity contribution in [3.05, 3.63) is 22.8 Å². The van der Waals surface area contributed by atoms with Crippen molar-refractivity contribution >= 4 is 11.6 Å². The molecule has 0 saturated heterocycles. The third-order valence-electron chi connectivity index (χ3n) is 1.47. The second-order valence-electron chi connectivity index (χ2n) is 2.36. The van der Waals surface area contributed by atoms with E-state index in [9.17, 15) is 8.78 Å². The molecule has 1 heterocycles. The van der Waals surface area contributed by atoms with E-state index < -0.39 is 6.61 Å². The van der Waals surface area contributed by atoms with Gasteiger partial charge in [0, 0.05) is 6.20 Å². The average Bonchev–Trinajstić information content (AvgIpc) is 2.08. The molecule has 0 aliphatic rings. The van der Waals surface area contributed by atoms with Crippen molar-refractivity contribution in [1.82, 2.24) is 4.98 Å². The molecule has 1 aromatic rings. The van der Waals surface area contributed by atoms with E-state index in [0.29, 0.717) is 0 Å². The fraction of sp³-hybridized carbons (Fsp3) is 0.375. The normalized spacial score (nSPS) is 10.5. The highest BCUT2D eigenvalue weighted by Gasteiger charge is 2.09. The third-order valence-corrected chi connectivity index (χ3v) is 1.74. The molecule has 13 heavy (non-hydrogen) atoms. The molecule has 72 valence electrons. The molecule has 0 amide bonds. The highest BCUT2D eigenvalue weighted by atomic mass is 35.5. The number of aromatic nitrogens is 1. The van der Waals surface area contributed by atoms with Gasteiger partial charge in [-0.15, -0.1) is 0 Å². The maximum absolute atomic E-state index is 11.8. The summed E-state index contributed by atoms with van der Waals surface area (Å²) in [4.78, 5) is 3.66. The molecule has 0 fully saturated rings. The smallest absolute Gasteiger partial charge is 0.388 e. The van der Waals surface area contributed by atoms with Crippen LogP contribution in [-0.4, -0.2) is 11.6 Å². The van der Waals surface area contributed by atoms with E-state index in [1.165, 1.54) is 6.20 Å². The van der Waals surface area contributed by atoms with Crippen molar-refractivity contribution in [2.45, 2.75) is 20.0 Å². The largest absolute Gasteiger partial charge is 0.415 e. The Balaban J connectivity index is 2.85. The minimum atomic E-state index is -2.89. The molecule has 5 heteroatoms. The summed E-state index contributed by atoms with van der Waals surface area (Å²) < 4.78 is 27.6. The molecular formula is C8H8ClF2NO. The number of alkyl halides is 2. The molecule has 0 radical (unpaired) electrons. The van der Waals surface area contributed by atoms with E-state index >= 15 is 0 Å². The summed E-state index contributed by atoms with van der Waals surface area (Å²) in [7, 11) is 0. The number of halogens is 3. The summed E-state index contributed by atoms with van der Waals surface area (Å²) in [6.45, 7) is -0.974. The van der Waals surface area contributed by atoms with Gasteiger partial charge in [-0.3, -0.25) is 0 Å². The topological polar surface area (TPSA) is 22.1 Å². The van der Waals surface area contributed by atoms with Crippen molar-refractivity contribution in [2.75, 3.05) is 0 Å². The minimum absolute atomic E-state index is 0.111. The first kappa shape index (κ1) is 10.2. The highest BCUT2D eigenvalue weighted by molar-refractivity contribution is 6.31. The summed E-state index contributed by atoms with van der Waals surface area (Å²) in [5.74, 6) is -0.228.